The number of hydrogen-bond donors (Lipinski definition) is 1. The van der Waals surface area contributed by atoms with Gasteiger partial charge in [0.25, 0.3) is 5.56 Å². The number of H-pyrrole nitrogens is 1. The van der Waals surface area contributed by atoms with Gasteiger partial charge in [0, 0.05) is 17.9 Å². The van der Waals surface area contributed by atoms with Crippen molar-refractivity contribution in [1.29, 1.82) is 0 Å². The minimum Gasteiger partial charge on any atom is -0.298 e. The molecule has 0 bridgehead atoms. The Bertz CT molecular complexity index is 1230. The topological polar surface area (TPSA) is 76.5 Å². The normalized spacial score (nSPS) is 11.2. The lowest BCUT2D eigenvalue weighted by molar-refractivity contribution is 0.628. The molecule has 0 spiro atoms. The van der Waals surface area contributed by atoms with E-state index in [9.17, 15) is 9.18 Å². The summed E-state index contributed by atoms with van der Waals surface area (Å²) in [6, 6.07) is 9.74. The zero-order valence-electron chi connectivity index (χ0n) is 14.2. The van der Waals surface area contributed by atoms with Crippen LogP contribution in [0.1, 0.15) is 0 Å². The van der Waals surface area contributed by atoms with E-state index in [1.54, 1.807) is 16.7 Å². The number of fused-ring (bicyclic) bond motifs is 1. The van der Waals surface area contributed by atoms with E-state index in [0.717, 1.165) is 0 Å². The molecule has 0 unspecified atom stereocenters. The van der Waals surface area contributed by atoms with Crippen LogP contribution in [-0.2, 0) is 6.54 Å². The molecule has 4 rings (SSSR count). The van der Waals surface area contributed by atoms with Crippen LogP contribution in [0.15, 0.2) is 52.7 Å². The number of aromatic nitrogens is 5. The Morgan fingerprint density at radius 2 is 2.00 bits per heavy atom. The van der Waals surface area contributed by atoms with Gasteiger partial charge >= 0.3 is 0 Å². The van der Waals surface area contributed by atoms with Crippen molar-refractivity contribution in [2.24, 2.45) is 0 Å². The van der Waals surface area contributed by atoms with Crippen LogP contribution in [0.4, 0.5) is 4.39 Å². The van der Waals surface area contributed by atoms with E-state index in [1.165, 1.54) is 30.2 Å². The molecule has 0 aliphatic heterocycles. The molecule has 142 valence electrons. The molecule has 2 heterocycles. The maximum atomic E-state index is 13.7. The second-order valence-electron chi connectivity index (χ2n) is 5.82. The molecule has 0 amide bonds. The molecule has 0 saturated carbocycles. The minimum absolute atomic E-state index is 0.0581. The SMILES string of the molecule is O=c1c2ccccc2ncn1CCSc1n[nH]c(-c2cc(F)c(Cl)cc2Cl)n1. The summed E-state index contributed by atoms with van der Waals surface area (Å²) in [6.07, 6.45) is 1.53. The quantitative estimate of drug-likeness (QED) is 0.370. The van der Waals surface area contributed by atoms with Gasteiger partial charge < -0.3 is 0 Å². The monoisotopic (exact) mass is 435 g/mol. The molecule has 0 fully saturated rings. The maximum Gasteiger partial charge on any atom is 0.261 e. The number of rotatable bonds is 5. The largest absolute Gasteiger partial charge is 0.298 e. The van der Waals surface area contributed by atoms with Gasteiger partial charge in [-0.15, -0.1) is 5.10 Å². The van der Waals surface area contributed by atoms with Gasteiger partial charge in [-0.25, -0.2) is 14.4 Å². The van der Waals surface area contributed by atoms with Crippen molar-refractivity contribution in [2.45, 2.75) is 11.7 Å². The fourth-order valence-electron chi connectivity index (χ4n) is 2.64. The highest BCUT2D eigenvalue weighted by Gasteiger charge is 2.13. The van der Waals surface area contributed by atoms with E-state index < -0.39 is 5.82 Å². The number of para-hydroxylation sites is 1. The molecular weight excluding hydrogens is 424 g/mol. The Morgan fingerprint density at radius 3 is 2.86 bits per heavy atom. The second-order valence-corrected chi connectivity index (χ2v) is 7.70. The highest BCUT2D eigenvalue weighted by atomic mass is 35.5. The van der Waals surface area contributed by atoms with Crippen LogP contribution >= 0.6 is 35.0 Å². The molecule has 0 radical (unpaired) electrons. The van der Waals surface area contributed by atoms with E-state index in [1.807, 2.05) is 12.1 Å². The third-order valence-electron chi connectivity index (χ3n) is 4.02. The van der Waals surface area contributed by atoms with Crippen molar-refractivity contribution in [3.8, 4) is 11.4 Å². The number of halogens is 3. The zero-order chi connectivity index (χ0) is 19.7. The third kappa shape index (κ3) is 3.76. The van der Waals surface area contributed by atoms with Gasteiger partial charge in [-0.05, 0) is 24.3 Å². The van der Waals surface area contributed by atoms with Crippen LogP contribution in [0, 0.1) is 5.82 Å². The van der Waals surface area contributed by atoms with E-state index >= 15 is 0 Å². The first kappa shape index (κ1) is 18.9. The fourth-order valence-corrected chi connectivity index (χ4v) is 3.85. The summed E-state index contributed by atoms with van der Waals surface area (Å²) in [5, 5.41) is 8.09. The summed E-state index contributed by atoms with van der Waals surface area (Å²) in [5.74, 6) is 0.308. The summed E-state index contributed by atoms with van der Waals surface area (Å²) in [4.78, 5) is 21.1. The lowest BCUT2D eigenvalue weighted by atomic mass is 10.2. The van der Waals surface area contributed by atoms with Crippen molar-refractivity contribution >= 4 is 45.9 Å². The molecule has 0 aliphatic carbocycles. The predicted octanol–water partition coefficient (Wildman–Crippen LogP) is 4.42. The number of aryl methyl sites for hydroxylation is 1. The minimum atomic E-state index is -0.588. The van der Waals surface area contributed by atoms with Gasteiger partial charge in [-0.1, -0.05) is 47.1 Å². The number of nitrogens with one attached hydrogen (secondary N) is 1. The molecule has 0 aliphatic rings. The predicted molar refractivity (Wildman–Crippen MR) is 109 cm³/mol. The Kier molecular flexibility index (Phi) is 5.34. The van der Waals surface area contributed by atoms with Gasteiger partial charge in [0.1, 0.15) is 5.82 Å². The molecule has 0 saturated heterocycles. The Balaban J connectivity index is 1.47. The van der Waals surface area contributed by atoms with Gasteiger partial charge in [0.05, 0.1) is 27.3 Å². The lowest BCUT2D eigenvalue weighted by Gasteiger charge is -2.05. The first-order valence-electron chi connectivity index (χ1n) is 8.17. The molecule has 2 aromatic carbocycles. The molecule has 10 heteroatoms. The second kappa shape index (κ2) is 7.90. The molecule has 1 N–H and O–H groups in total. The van der Waals surface area contributed by atoms with Crippen molar-refractivity contribution in [3.05, 3.63) is 68.9 Å². The molecule has 0 atom stereocenters. The first-order chi connectivity index (χ1) is 13.5. The van der Waals surface area contributed by atoms with Gasteiger partial charge in [-0.3, -0.25) is 14.5 Å². The van der Waals surface area contributed by atoms with Crippen LogP contribution in [0.25, 0.3) is 22.3 Å². The van der Waals surface area contributed by atoms with E-state index in [4.69, 9.17) is 23.2 Å². The van der Waals surface area contributed by atoms with Gasteiger partial charge in [0.15, 0.2) is 5.82 Å². The third-order valence-corrected chi connectivity index (χ3v) is 5.45. The Hall–Kier alpha value is -2.42. The van der Waals surface area contributed by atoms with Crippen molar-refractivity contribution < 1.29 is 4.39 Å². The van der Waals surface area contributed by atoms with Crippen molar-refractivity contribution in [3.63, 3.8) is 0 Å². The standard InChI is InChI=1S/C18H12Cl2FN5OS/c19-12-8-13(20)14(21)7-11(12)16-23-18(25-24-16)28-6-5-26-9-22-15-4-2-1-3-10(15)17(26)27/h1-4,7-9H,5-6H2,(H,23,24,25). The number of thioether (sulfide) groups is 1. The van der Waals surface area contributed by atoms with Crippen LogP contribution in [0.5, 0.6) is 0 Å². The van der Waals surface area contributed by atoms with E-state index in [-0.39, 0.29) is 15.6 Å². The van der Waals surface area contributed by atoms with Gasteiger partial charge in [-0.2, -0.15) is 0 Å². The Labute approximate surface area is 172 Å². The molecule has 28 heavy (non-hydrogen) atoms. The van der Waals surface area contributed by atoms with E-state index in [0.29, 0.717) is 39.7 Å². The van der Waals surface area contributed by atoms with Crippen LogP contribution in [0.3, 0.4) is 0 Å². The molecular formula is C18H12Cl2FN5OS. The summed E-state index contributed by atoms with van der Waals surface area (Å²) >= 11 is 13.2. The highest BCUT2D eigenvalue weighted by Crippen LogP contribution is 2.31. The van der Waals surface area contributed by atoms with Crippen molar-refractivity contribution in [2.75, 3.05) is 5.75 Å². The fraction of sp³-hybridized carbons (Fsp3) is 0.111. The zero-order valence-corrected chi connectivity index (χ0v) is 16.5. The van der Waals surface area contributed by atoms with Crippen LogP contribution < -0.4 is 5.56 Å². The Morgan fingerprint density at radius 1 is 1.18 bits per heavy atom. The number of nitrogens with zero attached hydrogens (tertiary/aromatic N) is 4. The molecule has 4 aromatic rings. The average molecular weight is 436 g/mol. The number of hydrogen-bond acceptors (Lipinski definition) is 5. The first-order valence-corrected chi connectivity index (χ1v) is 9.91. The smallest absolute Gasteiger partial charge is 0.261 e. The molecule has 2 aromatic heterocycles. The lowest BCUT2D eigenvalue weighted by Crippen LogP contribution is -2.21. The summed E-state index contributed by atoms with van der Waals surface area (Å²) < 4.78 is 15.2. The molecule has 6 nitrogen and oxygen atoms in total. The average Bonchev–Trinajstić information content (AvgIpc) is 3.15. The van der Waals surface area contributed by atoms with Crippen LogP contribution in [0.2, 0.25) is 10.0 Å². The van der Waals surface area contributed by atoms with Gasteiger partial charge in [0.2, 0.25) is 5.16 Å². The van der Waals surface area contributed by atoms with Crippen molar-refractivity contribution in [1.82, 2.24) is 24.7 Å². The summed E-state index contributed by atoms with van der Waals surface area (Å²) in [6.45, 7) is 0.446. The highest BCUT2D eigenvalue weighted by molar-refractivity contribution is 7.99. The number of aromatic amines is 1. The van der Waals surface area contributed by atoms with E-state index in [2.05, 4.69) is 20.2 Å². The summed E-state index contributed by atoms with van der Waals surface area (Å²) in [5.41, 5.74) is 0.949. The van der Waals surface area contributed by atoms with Crippen LogP contribution in [-0.4, -0.2) is 30.5 Å². The number of benzene rings is 2. The maximum absolute atomic E-state index is 13.7. The summed E-state index contributed by atoms with van der Waals surface area (Å²) in [7, 11) is 0.